The van der Waals surface area contributed by atoms with Crippen LogP contribution in [0.1, 0.15) is 29.2 Å². The number of hydrogen-bond donors (Lipinski definition) is 4. The highest BCUT2D eigenvalue weighted by atomic mass is 32.1. The normalized spacial score (nSPS) is 14.8. The molecule has 0 fully saturated rings. The van der Waals surface area contributed by atoms with E-state index in [4.69, 9.17) is 5.11 Å². The molecule has 0 aliphatic carbocycles. The van der Waals surface area contributed by atoms with Gasteiger partial charge in [0.1, 0.15) is 6.10 Å². The van der Waals surface area contributed by atoms with Gasteiger partial charge in [-0.2, -0.15) is 12.6 Å². The standard InChI is InChI=1S/C12H18O3S/c1-8-9(7-13)3-2-4-10(8)12(15)11(14)5-6-16/h2-4,11-16H,5-7H2,1H3. The lowest BCUT2D eigenvalue weighted by Crippen LogP contribution is -2.20. The first kappa shape index (κ1) is 13.5. The van der Waals surface area contributed by atoms with Crippen LogP contribution in [0.25, 0.3) is 0 Å². The Morgan fingerprint density at radius 2 is 2.00 bits per heavy atom. The summed E-state index contributed by atoms with van der Waals surface area (Å²) in [5.41, 5.74) is 2.27. The third-order valence-electron chi connectivity index (χ3n) is 2.77. The molecule has 0 spiro atoms. The number of rotatable bonds is 5. The summed E-state index contributed by atoms with van der Waals surface area (Å²) >= 11 is 4.02. The van der Waals surface area contributed by atoms with Gasteiger partial charge in [0.2, 0.25) is 0 Å². The Morgan fingerprint density at radius 1 is 1.31 bits per heavy atom. The lowest BCUT2D eigenvalue weighted by molar-refractivity contribution is 0.0168. The second kappa shape index (κ2) is 6.25. The molecular weight excluding hydrogens is 224 g/mol. The molecule has 0 radical (unpaired) electrons. The van der Waals surface area contributed by atoms with Crippen LogP contribution in [0.2, 0.25) is 0 Å². The molecule has 0 aliphatic heterocycles. The van der Waals surface area contributed by atoms with Crippen LogP contribution >= 0.6 is 12.6 Å². The minimum Gasteiger partial charge on any atom is -0.392 e. The van der Waals surface area contributed by atoms with Crippen LogP contribution in [0.15, 0.2) is 18.2 Å². The molecule has 0 aliphatic rings. The van der Waals surface area contributed by atoms with Crippen molar-refractivity contribution < 1.29 is 15.3 Å². The molecule has 1 rings (SSSR count). The first-order valence-corrected chi connectivity index (χ1v) is 5.91. The van der Waals surface area contributed by atoms with Crippen LogP contribution in [0, 0.1) is 6.92 Å². The topological polar surface area (TPSA) is 60.7 Å². The van der Waals surface area contributed by atoms with E-state index in [1.165, 1.54) is 0 Å². The number of aliphatic hydroxyl groups excluding tert-OH is 3. The van der Waals surface area contributed by atoms with Gasteiger partial charge in [0, 0.05) is 0 Å². The molecule has 3 nitrogen and oxygen atoms in total. The summed E-state index contributed by atoms with van der Waals surface area (Å²) in [6, 6.07) is 5.34. The fourth-order valence-electron chi connectivity index (χ4n) is 1.69. The van der Waals surface area contributed by atoms with E-state index in [1.54, 1.807) is 18.2 Å². The van der Waals surface area contributed by atoms with Gasteiger partial charge in [-0.1, -0.05) is 18.2 Å². The van der Waals surface area contributed by atoms with E-state index in [1.807, 2.05) is 6.92 Å². The molecule has 1 aromatic rings. The van der Waals surface area contributed by atoms with Crippen molar-refractivity contribution in [3.63, 3.8) is 0 Å². The first-order chi connectivity index (χ1) is 7.61. The number of benzene rings is 1. The largest absolute Gasteiger partial charge is 0.392 e. The van der Waals surface area contributed by atoms with E-state index in [9.17, 15) is 10.2 Å². The molecule has 0 saturated carbocycles. The van der Waals surface area contributed by atoms with E-state index < -0.39 is 12.2 Å². The highest BCUT2D eigenvalue weighted by Crippen LogP contribution is 2.24. The molecule has 4 heteroatoms. The molecule has 90 valence electrons. The van der Waals surface area contributed by atoms with Crippen molar-refractivity contribution in [1.82, 2.24) is 0 Å². The fourth-order valence-corrected chi connectivity index (χ4v) is 1.96. The van der Waals surface area contributed by atoms with Crippen LogP contribution in [-0.4, -0.2) is 27.2 Å². The molecule has 0 bridgehead atoms. The van der Waals surface area contributed by atoms with E-state index in [0.717, 1.165) is 11.1 Å². The van der Waals surface area contributed by atoms with Gasteiger partial charge in [-0.25, -0.2) is 0 Å². The van der Waals surface area contributed by atoms with Gasteiger partial charge in [0.05, 0.1) is 12.7 Å². The van der Waals surface area contributed by atoms with Crippen molar-refractivity contribution in [2.24, 2.45) is 0 Å². The van der Waals surface area contributed by atoms with Gasteiger partial charge in [-0.15, -0.1) is 0 Å². The van der Waals surface area contributed by atoms with Crippen molar-refractivity contribution in [2.45, 2.75) is 32.2 Å². The summed E-state index contributed by atoms with van der Waals surface area (Å²) in [6.07, 6.45) is -1.30. The first-order valence-electron chi connectivity index (χ1n) is 5.28. The smallest absolute Gasteiger partial charge is 0.105 e. The fraction of sp³-hybridized carbons (Fsp3) is 0.500. The monoisotopic (exact) mass is 242 g/mol. The van der Waals surface area contributed by atoms with Crippen molar-refractivity contribution in [1.29, 1.82) is 0 Å². The number of hydrogen-bond acceptors (Lipinski definition) is 4. The predicted octanol–water partition coefficient (Wildman–Crippen LogP) is 1.20. The second-order valence-electron chi connectivity index (χ2n) is 3.81. The SMILES string of the molecule is Cc1c(CO)cccc1C(O)C(O)CCS. The molecule has 2 atom stereocenters. The van der Waals surface area contributed by atoms with E-state index in [-0.39, 0.29) is 6.61 Å². The molecule has 16 heavy (non-hydrogen) atoms. The zero-order chi connectivity index (χ0) is 12.1. The number of thiol groups is 1. The van der Waals surface area contributed by atoms with Gasteiger partial charge < -0.3 is 15.3 Å². The maximum Gasteiger partial charge on any atom is 0.105 e. The Balaban J connectivity index is 2.94. The van der Waals surface area contributed by atoms with Crippen molar-refractivity contribution in [2.75, 3.05) is 5.75 Å². The average Bonchev–Trinajstić information content (AvgIpc) is 2.29. The summed E-state index contributed by atoms with van der Waals surface area (Å²) in [4.78, 5) is 0. The zero-order valence-electron chi connectivity index (χ0n) is 9.30. The average molecular weight is 242 g/mol. The van der Waals surface area contributed by atoms with Crippen LogP contribution in [0.5, 0.6) is 0 Å². The molecular formula is C12H18O3S. The highest BCUT2D eigenvalue weighted by molar-refractivity contribution is 7.80. The third-order valence-corrected chi connectivity index (χ3v) is 3.02. The summed E-state index contributed by atoms with van der Waals surface area (Å²) in [6.45, 7) is 1.77. The summed E-state index contributed by atoms with van der Waals surface area (Å²) in [5, 5.41) is 28.8. The second-order valence-corrected chi connectivity index (χ2v) is 4.26. The highest BCUT2D eigenvalue weighted by Gasteiger charge is 2.20. The molecule has 0 aromatic heterocycles. The lowest BCUT2D eigenvalue weighted by Gasteiger charge is -2.20. The molecule has 2 unspecified atom stereocenters. The van der Waals surface area contributed by atoms with Gasteiger partial charge >= 0.3 is 0 Å². The Kier molecular flexibility index (Phi) is 5.28. The predicted molar refractivity (Wildman–Crippen MR) is 66.5 cm³/mol. The van der Waals surface area contributed by atoms with E-state index in [0.29, 0.717) is 17.7 Å². The zero-order valence-corrected chi connectivity index (χ0v) is 10.2. The minimum atomic E-state index is -0.918. The Labute approximate surface area is 101 Å². The van der Waals surface area contributed by atoms with Crippen LogP contribution in [-0.2, 0) is 6.61 Å². The maximum absolute atomic E-state index is 9.96. The third kappa shape index (κ3) is 2.98. The Bertz CT molecular complexity index is 341. The number of aliphatic hydroxyl groups is 3. The molecule has 0 saturated heterocycles. The van der Waals surface area contributed by atoms with Gasteiger partial charge in [-0.3, -0.25) is 0 Å². The Morgan fingerprint density at radius 3 is 2.56 bits per heavy atom. The lowest BCUT2D eigenvalue weighted by atomic mass is 9.95. The van der Waals surface area contributed by atoms with Crippen molar-refractivity contribution in [3.05, 3.63) is 34.9 Å². The van der Waals surface area contributed by atoms with Gasteiger partial charge in [0.25, 0.3) is 0 Å². The molecule has 1 aromatic carbocycles. The molecule has 0 heterocycles. The van der Waals surface area contributed by atoms with Crippen molar-refractivity contribution in [3.8, 4) is 0 Å². The minimum absolute atomic E-state index is 0.0605. The quantitative estimate of drug-likeness (QED) is 0.587. The van der Waals surface area contributed by atoms with E-state index in [2.05, 4.69) is 12.6 Å². The van der Waals surface area contributed by atoms with Crippen LogP contribution < -0.4 is 0 Å². The van der Waals surface area contributed by atoms with E-state index >= 15 is 0 Å². The summed E-state index contributed by atoms with van der Waals surface area (Å²) in [7, 11) is 0. The summed E-state index contributed by atoms with van der Waals surface area (Å²) in [5.74, 6) is 0.525. The van der Waals surface area contributed by atoms with Gasteiger partial charge in [-0.05, 0) is 35.8 Å². The molecule has 3 N–H and O–H groups in total. The van der Waals surface area contributed by atoms with Gasteiger partial charge in [0.15, 0.2) is 0 Å². The summed E-state index contributed by atoms with van der Waals surface area (Å²) < 4.78 is 0. The van der Waals surface area contributed by atoms with Crippen LogP contribution in [0.4, 0.5) is 0 Å². The van der Waals surface area contributed by atoms with Crippen molar-refractivity contribution >= 4 is 12.6 Å². The Hall–Kier alpha value is -0.550. The van der Waals surface area contributed by atoms with Crippen LogP contribution in [0.3, 0.4) is 0 Å². The maximum atomic E-state index is 9.96. The molecule has 0 amide bonds.